The van der Waals surface area contributed by atoms with Crippen LogP contribution in [0.4, 0.5) is 11.4 Å². The number of rotatable bonds is 4. The number of nitro groups is 1. The van der Waals surface area contributed by atoms with Crippen LogP contribution in [0.2, 0.25) is 0 Å². The summed E-state index contributed by atoms with van der Waals surface area (Å²) in [5, 5.41) is 23.9. The Labute approximate surface area is 152 Å². The third-order valence-corrected chi connectivity index (χ3v) is 4.40. The Bertz CT molecular complexity index is 955. The number of aliphatic imine (C=N–C) groups is 1. The van der Waals surface area contributed by atoms with Gasteiger partial charge in [-0.25, -0.2) is 4.99 Å². The molecule has 1 aliphatic rings. The number of hydrogen-bond donors (Lipinski definition) is 2. The Morgan fingerprint density at radius 1 is 1.27 bits per heavy atom. The number of para-hydroxylation sites is 3. The van der Waals surface area contributed by atoms with Crippen molar-refractivity contribution < 1.29 is 19.6 Å². The molecule has 0 unspecified atom stereocenters. The monoisotopic (exact) mass is 371 g/mol. The maximum absolute atomic E-state index is 12.1. The molecular weight excluding hydrogens is 358 g/mol. The number of benzene rings is 2. The number of amides is 1. The van der Waals surface area contributed by atoms with E-state index in [1.165, 1.54) is 31.4 Å². The summed E-state index contributed by atoms with van der Waals surface area (Å²) < 4.78 is 5.22. The smallest absolute Gasteiger partial charge is 0.311 e. The van der Waals surface area contributed by atoms with Crippen molar-refractivity contribution in [1.82, 2.24) is 5.32 Å². The molecule has 0 radical (unpaired) electrons. The normalized spacial score (nSPS) is 16.7. The Kier molecular flexibility index (Phi) is 4.90. The highest BCUT2D eigenvalue weighted by atomic mass is 32.2. The fourth-order valence-electron chi connectivity index (χ4n) is 2.27. The first-order valence-corrected chi connectivity index (χ1v) is 8.20. The lowest BCUT2D eigenvalue weighted by Crippen LogP contribution is -2.19. The summed E-state index contributed by atoms with van der Waals surface area (Å²) in [4.78, 5) is 27.0. The highest BCUT2D eigenvalue weighted by molar-refractivity contribution is 8.18. The molecule has 2 aromatic carbocycles. The van der Waals surface area contributed by atoms with E-state index in [1.807, 2.05) is 0 Å². The van der Waals surface area contributed by atoms with Crippen LogP contribution in [0, 0.1) is 10.1 Å². The molecule has 2 aromatic rings. The van der Waals surface area contributed by atoms with Crippen molar-refractivity contribution in [3.63, 3.8) is 0 Å². The van der Waals surface area contributed by atoms with Gasteiger partial charge in [-0.2, -0.15) is 0 Å². The van der Waals surface area contributed by atoms with Gasteiger partial charge >= 0.3 is 5.69 Å². The minimum atomic E-state index is -0.687. The summed E-state index contributed by atoms with van der Waals surface area (Å²) in [5.74, 6) is -0.341. The molecule has 1 heterocycles. The maximum Gasteiger partial charge on any atom is 0.311 e. The molecule has 132 valence electrons. The number of hydrogen-bond acceptors (Lipinski definition) is 7. The lowest BCUT2D eigenvalue weighted by Gasteiger charge is -2.03. The van der Waals surface area contributed by atoms with Crippen molar-refractivity contribution in [3.8, 4) is 11.5 Å². The van der Waals surface area contributed by atoms with Gasteiger partial charge < -0.3 is 15.2 Å². The van der Waals surface area contributed by atoms with E-state index in [2.05, 4.69) is 10.3 Å². The van der Waals surface area contributed by atoms with Crippen LogP contribution in [-0.4, -0.2) is 28.2 Å². The standard InChI is InChI=1S/C17H13N3O5S/c1-25-13-8-3-2-6-11(13)18-17-19-16(22)14(26-17)9-10-5-4-7-12(15(10)21)20(23)24/h2-9,21H,1H3,(H,18,19,22)/b14-9+. The Morgan fingerprint density at radius 2 is 2.04 bits per heavy atom. The van der Waals surface area contributed by atoms with Crippen molar-refractivity contribution in [2.45, 2.75) is 0 Å². The molecule has 1 aliphatic heterocycles. The third-order valence-electron chi connectivity index (χ3n) is 3.49. The predicted octanol–water partition coefficient (Wildman–Crippen LogP) is 3.20. The van der Waals surface area contributed by atoms with E-state index >= 15 is 0 Å². The molecule has 0 spiro atoms. The zero-order valence-electron chi connectivity index (χ0n) is 13.5. The number of phenols is 1. The summed E-state index contributed by atoms with van der Waals surface area (Å²) in [5.41, 5.74) is 0.304. The summed E-state index contributed by atoms with van der Waals surface area (Å²) >= 11 is 1.06. The molecule has 9 heteroatoms. The molecule has 0 saturated carbocycles. The minimum Gasteiger partial charge on any atom is -0.502 e. The van der Waals surface area contributed by atoms with Gasteiger partial charge in [-0.05, 0) is 30.0 Å². The van der Waals surface area contributed by atoms with Gasteiger partial charge in [0.2, 0.25) is 5.75 Å². The van der Waals surface area contributed by atoms with Gasteiger partial charge in [0.05, 0.1) is 16.9 Å². The van der Waals surface area contributed by atoms with Crippen molar-refractivity contribution >= 4 is 40.3 Å². The number of amidine groups is 1. The highest BCUT2D eigenvalue weighted by Gasteiger charge is 2.25. The van der Waals surface area contributed by atoms with Gasteiger partial charge in [-0.3, -0.25) is 14.9 Å². The molecule has 0 bridgehead atoms. The predicted molar refractivity (Wildman–Crippen MR) is 98.6 cm³/mol. The van der Waals surface area contributed by atoms with Crippen LogP contribution in [0.25, 0.3) is 6.08 Å². The van der Waals surface area contributed by atoms with Crippen LogP contribution < -0.4 is 10.1 Å². The van der Waals surface area contributed by atoms with E-state index in [9.17, 15) is 20.0 Å². The summed E-state index contributed by atoms with van der Waals surface area (Å²) in [6.07, 6.45) is 1.38. The topological polar surface area (TPSA) is 114 Å². The van der Waals surface area contributed by atoms with Crippen LogP contribution >= 0.6 is 11.8 Å². The largest absolute Gasteiger partial charge is 0.502 e. The fraction of sp³-hybridized carbons (Fsp3) is 0.0588. The van der Waals surface area contributed by atoms with Gasteiger partial charge in [0, 0.05) is 11.6 Å². The summed E-state index contributed by atoms with van der Waals surface area (Å²) in [6, 6.07) is 11.2. The Hall–Kier alpha value is -3.33. The first kappa shape index (κ1) is 17.5. The summed E-state index contributed by atoms with van der Waals surface area (Å²) in [6.45, 7) is 0. The van der Waals surface area contributed by atoms with Gasteiger partial charge in [-0.1, -0.05) is 24.3 Å². The zero-order chi connectivity index (χ0) is 18.7. The van der Waals surface area contributed by atoms with Gasteiger partial charge in [0.1, 0.15) is 11.4 Å². The molecule has 8 nitrogen and oxygen atoms in total. The number of ether oxygens (including phenoxy) is 1. The lowest BCUT2D eigenvalue weighted by molar-refractivity contribution is -0.385. The second-order valence-electron chi connectivity index (χ2n) is 5.13. The number of carbonyl (C=O) groups excluding carboxylic acids is 1. The Morgan fingerprint density at radius 3 is 2.77 bits per heavy atom. The van der Waals surface area contributed by atoms with E-state index in [0.29, 0.717) is 16.6 Å². The van der Waals surface area contributed by atoms with Crippen LogP contribution in [0.15, 0.2) is 52.4 Å². The van der Waals surface area contributed by atoms with Gasteiger partial charge in [0.15, 0.2) is 5.17 Å². The van der Waals surface area contributed by atoms with Crippen molar-refractivity contribution in [2.24, 2.45) is 4.99 Å². The average Bonchev–Trinajstić information content (AvgIpc) is 2.96. The number of methoxy groups -OCH3 is 1. The second kappa shape index (κ2) is 7.28. The van der Waals surface area contributed by atoms with Crippen LogP contribution in [0.5, 0.6) is 11.5 Å². The number of nitrogens with one attached hydrogen (secondary N) is 1. The van der Waals surface area contributed by atoms with E-state index < -0.39 is 22.3 Å². The molecule has 1 fully saturated rings. The fourth-order valence-corrected chi connectivity index (χ4v) is 3.09. The van der Waals surface area contributed by atoms with Crippen molar-refractivity contribution in [1.29, 1.82) is 0 Å². The number of aromatic hydroxyl groups is 1. The molecule has 1 amide bonds. The SMILES string of the molecule is COc1ccccc1N=C1NC(=O)/C(=C\c2cccc([N+](=O)[O-])c2O)S1. The number of thioether (sulfide) groups is 1. The molecule has 0 aliphatic carbocycles. The summed E-state index contributed by atoms with van der Waals surface area (Å²) in [7, 11) is 1.52. The van der Waals surface area contributed by atoms with Gasteiger partial charge in [0.25, 0.3) is 5.91 Å². The number of phenolic OH excluding ortho intramolecular Hbond substituents is 1. The van der Waals surface area contributed by atoms with Gasteiger partial charge in [-0.15, -0.1) is 0 Å². The van der Waals surface area contributed by atoms with Crippen LogP contribution in [0.3, 0.4) is 0 Å². The van der Waals surface area contributed by atoms with E-state index in [1.54, 1.807) is 24.3 Å². The zero-order valence-corrected chi connectivity index (χ0v) is 14.3. The quantitative estimate of drug-likeness (QED) is 0.485. The number of nitro benzene ring substituents is 1. The molecule has 2 N–H and O–H groups in total. The minimum absolute atomic E-state index is 0.176. The van der Waals surface area contributed by atoms with E-state index in [4.69, 9.17) is 4.74 Å². The van der Waals surface area contributed by atoms with Crippen molar-refractivity contribution in [3.05, 3.63) is 63.0 Å². The first-order chi connectivity index (χ1) is 12.5. The molecule has 26 heavy (non-hydrogen) atoms. The van der Waals surface area contributed by atoms with E-state index in [-0.39, 0.29) is 10.5 Å². The number of nitrogens with zero attached hydrogens (tertiary/aromatic N) is 2. The molecule has 0 aromatic heterocycles. The second-order valence-corrected chi connectivity index (χ2v) is 6.16. The first-order valence-electron chi connectivity index (χ1n) is 7.38. The maximum atomic E-state index is 12.1. The molecule has 3 rings (SSSR count). The third kappa shape index (κ3) is 3.52. The molecular formula is C17H13N3O5S. The average molecular weight is 371 g/mol. The van der Waals surface area contributed by atoms with Crippen LogP contribution in [0.1, 0.15) is 5.56 Å². The van der Waals surface area contributed by atoms with Crippen LogP contribution in [-0.2, 0) is 4.79 Å². The number of carbonyl (C=O) groups is 1. The Balaban J connectivity index is 1.91. The highest BCUT2D eigenvalue weighted by Crippen LogP contribution is 2.35. The van der Waals surface area contributed by atoms with E-state index in [0.717, 1.165) is 11.8 Å². The lowest BCUT2D eigenvalue weighted by atomic mass is 10.1. The molecule has 0 atom stereocenters. The molecule has 1 saturated heterocycles. The van der Waals surface area contributed by atoms with Crippen molar-refractivity contribution in [2.75, 3.05) is 7.11 Å².